The maximum absolute atomic E-state index is 4.40. The van der Waals surface area contributed by atoms with Gasteiger partial charge in [0.1, 0.15) is 0 Å². The zero-order valence-electron chi connectivity index (χ0n) is 11.2. The molecule has 0 amide bonds. The van der Waals surface area contributed by atoms with Gasteiger partial charge in [0.05, 0.1) is 5.69 Å². The number of nitrogens with zero attached hydrogens (tertiary/aromatic N) is 2. The van der Waals surface area contributed by atoms with Gasteiger partial charge in [-0.15, -0.1) is 0 Å². The Balaban J connectivity index is 2.14. The summed E-state index contributed by atoms with van der Waals surface area (Å²) < 4.78 is 2.12. The van der Waals surface area contributed by atoms with E-state index in [0.29, 0.717) is 0 Å². The van der Waals surface area contributed by atoms with Crippen LogP contribution in [0, 0.1) is 5.92 Å². The van der Waals surface area contributed by atoms with E-state index in [-0.39, 0.29) is 0 Å². The first-order valence-electron chi connectivity index (χ1n) is 7.13. The summed E-state index contributed by atoms with van der Waals surface area (Å²) in [5.74, 6) is 0.781. The van der Waals surface area contributed by atoms with Crippen molar-refractivity contribution in [3.8, 4) is 0 Å². The first-order valence-corrected chi connectivity index (χ1v) is 8.25. The molecule has 0 aromatic carbocycles. The van der Waals surface area contributed by atoms with E-state index in [1.807, 2.05) is 6.20 Å². The second-order valence-corrected chi connectivity index (χ2v) is 5.73. The van der Waals surface area contributed by atoms with Crippen molar-refractivity contribution in [1.29, 1.82) is 0 Å². The predicted molar refractivity (Wildman–Crippen MR) is 80.9 cm³/mol. The van der Waals surface area contributed by atoms with E-state index >= 15 is 0 Å². The minimum absolute atomic E-state index is 0.781. The van der Waals surface area contributed by atoms with Crippen molar-refractivity contribution in [2.45, 2.75) is 52.0 Å². The van der Waals surface area contributed by atoms with Crippen molar-refractivity contribution in [3.05, 3.63) is 23.5 Å². The van der Waals surface area contributed by atoms with Crippen molar-refractivity contribution in [2.75, 3.05) is 5.33 Å². The Labute approximate surface area is 119 Å². The first kappa shape index (κ1) is 13.9. The molecule has 0 spiro atoms. The fourth-order valence-electron chi connectivity index (χ4n) is 2.79. The molecule has 0 aliphatic heterocycles. The second-order valence-electron chi connectivity index (χ2n) is 5.17. The van der Waals surface area contributed by atoms with Gasteiger partial charge in [-0.05, 0) is 37.3 Å². The molecule has 3 heteroatoms. The van der Waals surface area contributed by atoms with Gasteiger partial charge in [0, 0.05) is 18.1 Å². The maximum Gasteiger partial charge on any atom is 0.0609 e. The molecule has 0 N–H and O–H groups in total. The highest BCUT2D eigenvalue weighted by atomic mass is 79.9. The molecule has 1 aromatic rings. The number of aryl methyl sites for hydroxylation is 1. The van der Waals surface area contributed by atoms with Crippen LogP contribution in [0.25, 0.3) is 6.08 Å². The highest BCUT2D eigenvalue weighted by Crippen LogP contribution is 2.31. The van der Waals surface area contributed by atoms with Crippen LogP contribution >= 0.6 is 15.9 Å². The van der Waals surface area contributed by atoms with Crippen molar-refractivity contribution in [1.82, 2.24) is 9.78 Å². The maximum atomic E-state index is 4.40. The average molecular weight is 311 g/mol. The molecule has 1 saturated carbocycles. The molecule has 2 rings (SSSR count). The Kier molecular flexibility index (Phi) is 5.48. The largest absolute Gasteiger partial charge is 0.266 e. The molecule has 18 heavy (non-hydrogen) atoms. The fraction of sp³-hybridized carbons (Fsp3) is 0.667. The van der Waals surface area contributed by atoms with Gasteiger partial charge in [0.2, 0.25) is 0 Å². The van der Waals surface area contributed by atoms with Crippen LogP contribution in [0.4, 0.5) is 0 Å². The highest BCUT2D eigenvalue weighted by Gasteiger charge is 2.17. The molecular formula is C15H23BrN2. The number of allylic oxidation sites excluding steroid dienone is 1. The molecule has 0 radical (unpaired) electrons. The number of rotatable bonds is 5. The van der Waals surface area contributed by atoms with E-state index in [1.165, 1.54) is 37.8 Å². The van der Waals surface area contributed by atoms with Gasteiger partial charge in [-0.1, -0.05) is 47.7 Å². The van der Waals surface area contributed by atoms with E-state index in [9.17, 15) is 0 Å². The molecule has 1 aliphatic rings. The molecule has 1 heterocycles. The Hall–Kier alpha value is -0.570. The Morgan fingerprint density at radius 2 is 2.22 bits per heavy atom. The third-order valence-corrected chi connectivity index (χ3v) is 4.45. The second kappa shape index (κ2) is 7.13. The molecule has 0 atom stereocenters. The summed E-state index contributed by atoms with van der Waals surface area (Å²) in [5, 5.41) is 5.39. The lowest BCUT2D eigenvalue weighted by molar-refractivity contribution is 0.405. The Morgan fingerprint density at radius 3 is 2.89 bits per heavy atom. The SMILES string of the molecule is CCCn1nccc1/C=C(/CBr)C1CCCCC1. The van der Waals surface area contributed by atoms with E-state index in [2.05, 4.69) is 44.8 Å². The van der Waals surface area contributed by atoms with E-state index in [1.54, 1.807) is 5.57 Å². The molecular weight excluding hydrogens is 288 g/mol. The van der Waals surface area contributed by atoms with Gasteiger partial charge in [-0.3, -0.25) is 4.68 Å². The fourth-order valence-corrected chi connectivity index (χ4v) is 3.41. The van der Waals surface area contributed by atoms with Gasteiger partial charge >= 0.3 is 0 Å². The van der Waals surface area contributed by atoms with E-state index in [0.717, 1.165) is 24.2 Å². The normalized spacial score (nSPS) is 18.2. The number of hydrogen-bond acceptors (Lipinski definition) is 1. The third kappa shape index (κ3) is 3.47. The minimum atomic E-state index is 0.781. The van der Waals surface area contributed by atoms with Crippen LogP contribution < -0.4 is 0 Å². The third-order valence-electron chi connectivity index (χ3n) is 3.80. The zero-order chi connectivity index (χ0) is 12.8. The lowest BCUT2D eigenvalue weighted by Crippen LogP contribution is -2.11. The molecule has 1 fully saturated rings. The number of aromatic nitrogens is 2. The van der Waals surface area contributed by atoms with Gasteiger partial charge in [0.15, 0.2) is 0 Å². The van der Waals surface area contributed by atoms with Crippen molar-refractivity contribution >= 4 is 22.0 Å². The summed E-state index contributed by atoms with van der Waals surface area (Å²) in [5.41, 5.74) is 2.81. The number of halogens is 1. The quantitative estimate of drug-likeness (QED) is 0.724. The molecule has 1 aliphatic carbocycles. The summed E-state index contributed by atoms with van der Waals surface area (Å²) >= 11 is 3.66. The van der Waals surface area contributed by atoms with Crippen LogP contribution in [0.5, 0.6) is 0 Å². The predicted octanol–water partition coefficient (Wildman–Crippen LogP) is 4.65. The van der Waals surface area contributed by atoms with Gasteiger partial charge in [-0.2, -0.15) is 5.10 Å². The smallest absolute Gasteiger partial charge is 0.0609 e. The van der Waals surface area contributed by atoms with Crippen LogP contribution in [0.1, 0.15) is 51.1 Å². The highest BCUT2D eigenvalue weighted by molar-refractivity contribution is 9.09. The van der Waals surface area contributed by atoms with Crippen molar-refractivity contribution in [3.63, 3.8) is 0 Å². The Bertz CT molecular complexity index is 389. The first-order chi connectivity index (χ1) is 8.85. The topological polar surface area (TPSA) is 17.8 Å². The molecule has 100 valence electrons. The van der Waals surface area contributed by atoms with Crippen molar-refractivity contribution < 1.29 is 0 Å². The number of alkyl halides is 1. The van der Waals surface area contributed by atoms with Crippen LogP contribution in [0.3, 0.4) is 0 Å². The summed E-state index contributed by atoms with van der Waals surface area (Å²) in [7, 11) is 0. The minimum Gasteiger partial charge on any atom is -0.266 e. The summed E-state index contributed by atoms with van der Waals surface area (Å²) in [6, 6.07) is 2.13. The van der Waals surface area contributed by atoms with Crippen molar-refractivity contribution in [2.24, 2.45) is 5.92 Å². The van der Waals surface area contributed by atoms with Crippen LogP contribution in [0.15, 0.2) is 17.8 Å². The standard InChI is InChI=1S/C15H23BrN2/c1-2-10-18-15(8-9-17-18)11-14(12-16)13-6-4-3-5-7-13/h8-9,11,13H,2-7,10,12H2,1H3/b14-11-. The monoisotopic (exact) mass is 310 g/mol. The Morgan fingerprint density at radius 1 is 1.44 bits per heavy atom. The molecule has 0 saturated heterocycles. The van der Waals surface area contributed by atoms with E-state index in [4.69, 9.17) is 0 Å². The summed E-state index contributed by atoms with van der Waals surface area (Å²) in [6.45, 7) is 3.21. The molecule has 0 unspecified atom stereocenters. The van der Waals surface area contributed by atoms with Gasteiger partial charge in [0.25, 0.3) is 0 Å². The average Bonchev–Trinajstić information content (AvgIpc) is 2.85. The van der Waals surface area contributed by atoms with Gasteiger partial charge < -0.3 is 0 Å². The van der Waals surface area contributed by atoms with Crippen LogP contribution in [-0.4, -0.2) is 15.1 Å². The van der Waals surface area contributed by atoms with Gasteiger partial charge in [-0.25, -0.2) is 0 Å². The molecule has 2 nitrogen and oxygen atoms in total. The van der Waals surface area contributed by atoms with E-state index < -0.39 is 0 Å². The molecule has 1 aromatic heterocycles. The van der Waals surface area contributed by atoms with Crippen LogP contribution in [0.2, 0.25) is 0 Å². The molecule has 0 bridgehead atoms. The zero-order valence-corrected chi connectivity index (χ0v) is 12.8. The lowest BCUT2D eigenvalue weighted by Gasteiger charge is -2.23. The lowest BCUT2D eigenvalue weighted by atomic mass is 9.84. The number of hydrogen-bond donors (Lipinski definition) is 0. The summed E-state index contributed by atoms with van der Waals surface area (Å²) in [6.07, 6.45) is 12.3. The van der Waals surface area contributed by atoms with Crippen LogP contribution in [-0.2, 0) is 6.54 Å². The summed E-state index contributed by atoms with van der Waals surface area (Å²) in [4.78, 5) is 0.